The van der Waals surface area contributed by atoms with Crippen LogP contribution in [0.1, 0.15) is 19.3 Å². The molecule has 1 fully saturated rings. The Hall–Kier alpha value is -0.710. The second-order valence-corrected chi connectivity index (χ2v) is 6.16. The number of nitrogens with one attached hydrogen (secondary N) is 1. The average Bonchev–Trinajstić information content (AvgIpc) is 2.83. The molecular weight excluding hydrogens is 246 g/mol. The quantitative estimate of drug-likeness (QED) is 0.859. The van der Waals surface area contributed by atoms with E-state index in [9.17, 15) is 5.11 Å². The van der Waals surface area contributed by atoms with Crippen LogP contribution >= 0.6 is 11.8 Å². The monoisotopic (exact) mass is 267 g/mol. The van der Waals surface area contributed by atoms with Gasteiger partial charge in [-0.05, 0) is 38.4 Å². The molecule has 0 spiro atoms. The normalized spacial score (nSPS) is 27.4. The van der Waals surface area contributed by atoms with E-state index in [0.29, 0.717) is 5.25 Å². The highest BCUT2D eigenvalue weighted by atomic mass is 32.2. The van der Waals surface area contributed by atoms with Crippen LogP contribution in [-0.4, -0.2) is 36.7 Å². The second-order valence-electron chi connectivity index (χ2n) is 4.82. The van der Waals surface area contributed by atoms with E-state index in [1.807, 2.05) is 37.0 Å². The zero-order valence-electron chi connectivity index (χ0n) is 11.0. The van der Waals surface area contributed by atoms with E-state index in [1.54, 1.807) is 7.11 Å². The van der Waals surface area contributed by atoms with Gasteiger partial charge in [0.05, 0.1) is 13.7 Å². The summed E-state index contributed by atoms with van der Waals surface area (Å²) < 4.78 is 5.37. The van der Waals surface area contributed by atoms with E-state index in [2.05, 4.69) is 11.4 Å². The minimum absolute atomic E-state index is 0.0836. The van der Waals surface area contributed by atoms with Crippen molar-refractivity contribution in [2.75, 3.05) is 20.8 Å². The first-order chi connectivity index (χ1) is 8.73. The number of aliphatic hydroxyl groups is 1. The van der Waals surface area contributed by atoms with E-state index in [1.165, 1.54) is 4.90 Å². The van der Waals surface area contributed by atoms with Crippen molar-refractivity contribution in [3.8, 4) is 5.75 Å². The molecule has 0 aromatic heterocycles. The van der Waals surface area contributed by atoms with E-state index in [4.69, 9.17) is 4.74 Å². The van der Waals surface area contributed by atoms with Crippen LogP contribution < -0.4 is 10.1 Å². The summed E-state index contributed by atoms with van der Waals surface area (Å²) in [7, 11) is 3.64. The molecule has 1 aliphatic rings. The molecule has 1 saturated carbocycles. The molecule has 1 aliphatic carbocycles. The summed E-state index contributed by atoms with van der Waals surface area (Å²) in [6.45, 7) is 0.215. The number of ether oxygens (including phenoxy) is 1. The molecule has 0 radical (unpaired) electrons. The van der Waals surface area contributed by atoms with Gasteiger partial charge in [-0.15, -0.1) is 11.8 Å². The van der Waals surface area contributed by atoms with Gasteiger partial charge in [0.25, 0.3) is 0 Å². The third kappa shape index (κ3) is 2.82. The molecule has 1 aromatic carbocycles. The van der Waals surface area contributed by atoms with Crippen molar-refractivity contribution in [3.63, 3.8) is 0 Å². The summed E-state index contributed by atoms with van der Waals surface area (Å²) in [6.07, 6.45) is 3.17. The molecule has 4 heteroatoms. The number of aliphatic hydroxyl groups excluding tert-OH is 1. The molecule has 3 nitrogen and oxygen atoms in total. The zero-order chi connectivity index (χ0) is 13.0. The molecule has 0 saturated heterocycles. The first-order valence-corrected chi connectivity index (χ1v) is 7.20. The summed E-state index contributed by atoms with van der Waals surface area (Å²) in [6, 6.07) is 8.12. The van der Waals surface area contributed by atoms with Crippen molar-refractivity contribution in [1.82, 2.24) is 5.32 Å². The average molecular weight is 267 g/mol. The van der Waals surface area contributed by atoms with E-state index < -0.39 is 0 Å². The molecule has 2 N–H and O–H groups in total. The molecule has 0 heterocycles. The third-order valence-corrected chi connectivity index (χ3v) is 5.09. The largest absolute Gasteiger partial charge is 0.496 e. The van der Waals surface area contributed by atoms with Gasteiger partial charge in [-0.3, -0.25) is 0 Å². The molecule has 0 bridgehead atoms. The number of methoxy groups -OCH3 is 1. The highest BCUT2D eigenvalue weighted by Crippen LogP contribution is 2.42. The summed E-state index contributed by atoms with van der Waals surface area (Å²) in [5, 5.41) is 13.3. The third-order valence-electron chi connectivity index (χ3n) is 3.76. The first-order valence-electron chi connectivity index (χ1n) is 6.32. The number of hydrogen-bond donors (Lipinski definition) is 2. The summed E-state index contributed by atoms with van der Waals surface area (Å²) in [4.78, 5) is 1.19. The molecule has 2 unspecified atom stereocenters. The lowest BCUT2D eigenvalue weighted by atomic mass is 10.00. The molecular formula is C14H21NO2S. The lowest BCUT2D eigenvalue weighted by Crippen LogP contribution is -2.44. The standard InChI is InChI=1S/C14H21NO2S/c1-15-14(10-16)8-7-11(9-14)18-13-6-4-3-5-12(13)17-2/h3-6,11,15-16H,7-10H2,1-2H3. The number of para-hydroxylation sites is 1. The van der Waals surface area contributed by atoms with Crippen molar-refractivity contribution >= 4 is 11.8 Å². The first kappa shape index (κ1) is 13.7. The molecule has 0 amide bonds. The molecule has 1 aromatic rings. The summed E-state index contributed by atoms with van der Waals surface area (Å²) >= 11 is 1.86. The zero-order valence-corrected chi connectivity index (χ0v) is 11.8. The van der Waals surface area contributed by atoms with Gasteiger partial charge >= 0.3 is 0 Å². The van der Waals surface area contributed by atoms with Crippen LogP contribution in [0.25, 0.3) is 0 Å². The second kappa shape index (κ2) is 5.95. The predicted octanol–water partition coefficient (Wildman–Crippen LogP) is 2.29. The number of benzene rings is 1. The lowest BCUT2D eigenvalue weighted by Gasteiger charge is -2.26. The predicted molar refractivity (Wildman–Crippen MR) is 75.4 cm³/mol. The van der Waals surface area contributed by atoms with Crippen molar-refractivity contribution < 1.29 is 9.84 Å². The Bertz CT molecular complexity index is 393. The molecule has 100 valence electrons. The number of thioether (sulfide) groups is 1. The Labute approximate surface area is 113 Å². The van der Waals surface area contributed by atoms with Crippen LogP contribution in [0.4, 0.5) is 0 Å². The van der Waals surface area contributed by atoms with Gasteiger partial charge in [-0.1, -0.05) is 12.1 Å². The smallest absolute Gasteiger partial charge is 0.132 e. The molecule has 18 heavy (non-hydrogen) atoms. The lowest BCUT2D eigenvalue weighted by molar-refractivity contribution is 0.173. The van der Waals surface area contributed by atoms with Crippen molar-refractivity contribution in [2.24, 2.45) is 0 Å². The van der Waals surface area contributed by atoms with Crippen LogP contribution in [0, 0.1) is 0 Å². The summed E-state index contributed by atoms with van der Waals surface area (Å²) in [5.74, 6) is 0.938. The SMILES string of the molecule is CNC1(CO)CCC(Sc2ccccc2OC)C1. The van der Waals surface area contributed by atoms with Crippen LogP contribution in [0.2, 0.25) is 0 Å². The Morgan fingerprint density at radius 2 is 2.28 bits per heavy atom. The molecule has 2 rings (SSSR count). The Balaban J connectivity index is 2.03. The maximum absolute atomic E-state index is 9.50. The number of hydrogen-bond acceptors (Lipinski definition) is 4. The van der Waals surface area contributed by atoms with E-state index >= 15 is 0 Å². The number of likely N-dealkylation sites (N-methyl/N-ethyl adjacent to an activating group) is 1. The van der Waals surface area contributed by atoms with Crippen LogP contribution in [0.3, 0.4) is 0 Å². The van der Waals surface area contributed by atoms with Gasteiger partial charge in [0, 0.05) is 15.7 Å². The van der Waals surface area contributed by atoms with Gasteiger partial charge < -0.3 is 15.2 Å². The maximum Gasteiger partial charge on any atom is 0.132 e. The van der Waals surface area contributed by atoms with Gasteiger partial charge in [0.1, 0.15) is 5.75 Å². The van der Waals surface area contributed by atoms with Crippen LogP contribution in [-0.2, 0) is 0 Å². The van der Waals surface area contributed by atoms with Crippen molar-refractivity contribution in [1.29, 1.82) is 0 Å². The van der Waals surface area contributed by atoms with Crippen LogP contribution in [0.15, 0.2) is 29.2 Å². The van der Waals surface area contributed by atoms with Gasteiger partial charge in [-0.2, -0.15) is 0 Å². The molecule has 0 aliphatic heterocycles. The Morgan fingerprint density at radius 1 is 1.50 bits per heavy atom. The van der Waals surface area contributed by atoms with E-state index in [-0.39, 0.29) is 12.1 Å². The summed E-state index contributed by atoms with van der Waals surface area (Å²) in [5.41, 5.74) is -0.0836. The van der Waals surface area contributed by atoms with E-state index in [0.717, 1.165) is 25.0 Å². The van der Waals surface area contributed by atoms with Gasteiger partial charge in [0.2, 0.25) is 0 Å². The van der Waals surface area contributed by atoms with Crippen molar-refractivity contribution in [2.45, 2.75) is 34.9 Å². The van der Waals surface area contributed by atoms with Crippen LogP contribution in [0.5, 0.6) is 5.75 Å². The number of rotatable bonds is 5. The van der Waals surface area contributed by atoms with Gasteiger partial charge in [0.15, 0.2) is 0 Å². The highest BCUT2D eigenvalue weighted by molar-refractivity contribution is 8.00. The fourth-order valence-electron chi connectivity index (χ4n) is 2.52. The van der Waals surface area contributed by atoms with Gasteiger partial charge in [-0.25, -0.2) is 0 Å². The topological polar surface area (TPSA) is 41.5 Å². The highest BCUT2D eigenvalue weighted by Gasteiger charge is 2.37. The molecule has 2 atom stereocenters. The fourth-order valence-corrected chi connectivity index (χ4v) is 3.95. The minimum Gasteiger partial charge on any atom is -0.496 e. The minimum atomic E-state index is -0.0836. The van der Waals surface area contributed by atoms with Crippen molar-refractivity contribution in [3.05, 3.63) is 24.3 Å². The maximum atomic E-state index is 9.50. The Kier molecular flexibility index (Phi) is 4.54. The fraction of sp³-hybridized carbons (Fsp3) is 0.571. The Morgan fingerprint density at radius 3 is 2.89 bits per heavy atom.